The fraction of sp³-hybridized carbons (Fsp3) is 0.385. The van der Waals surface area contributed by atoms with Gasteiger partial charge in [-0.2, -0.15) is 0 Å². The van der Waals surface area contributed by atoms with Crippen molar-refractivity contribution in [1.82, 2.24) is 9.88 Å². The third kappa shape index (κ3) is 2.07. The lowest BCUT2D eigenvalue weighted by Gasteiger charge is -2.21. The molecule has 0 fully saturated rings. The van der Waals surface area contributed by atoms with Gasteiger partial charge in [-0.25, -0.2) is 0 Å². The van der Waals surface area contributed by atoms with Gasteiger partial charge in [-0.1, -0.05) is 18.2 Å². The molecule has 17 heavy (non-hydrogen) atoms. The predicted molar refractivity (Wildman–Crippen MR) is 69.8 cm³/mol. The minimum Gasteiger partial charge on any atom is -0.395 e. The molecule has 2 atom stereocenters. The maximum absolute atomic E-state index is 9.20. The van der Waals surface area contributed by atoms with E-state index in [4.69, 9.17) is 5.73 Å². The number of nitrogens with one attached hydrogen (secondary N) is 1. The van der Waals surface area contributed by atoms with Gasteiger partial charge in [-0.05, 0) is 18.7 Å². The number of aliphatic hydroxyl groups is 1. The molecule has 2 aromatic rings. The van der Waals surface area contributed by atoms with Crippen molar-refractivity contribution in [2.45, 2.75) is 12.1 Å². The molecule has 0 saturated carbocycles. The zero-order valence-electron chi connectivity index (χ0n) is 10.2. The molecule has 1 aromatic heterocycles. The molecule has 1 heterocycles. The molecule has 4 nitrogen and oxygen atoms in total. The summed E-state index contributed by atoms with van der Waals surface area (Å²) >= 11 is 0. The van der Waals surface area contributed by atoms with E-state index in [1.165, 1.54) is 10.9 Å². The first-order valence-corrected chi connectivity index (χ1v) is 5.76. The average Bonchev–Trinajstić information content (AvgIpc) is 2.68. The van der Waals surface area contributed by atoms with E-state index in [9.17, 15) is 5.11 Å². The van der Waals surface area contributed by atoms with Crippen LogP contribution in [-0.2, 0) is 7.05 Å². The second kappa shape index (κ2) is 4.87. The van der Waals surface area contributed by atoms with Crippen molar-refractivity contribution in [1.29, 1.82) is 0 Å². The molecule has 0 aliphatic carbocycles. The van der Waals surface area contributed by atoms with Crippen LogP contribution in [0.1, 0.15) is 11.6 Å². The van der Waals surface area contributed by atoms with Crippen LogP contribution in [-0.4, -0.2) is 29.4 Å². The summed E-state index contributed by atoms with van der Waals surface area (Å²) in [6.07, 6.45) is 2.07. The number of aromatic nitrogens is 1. The van der Waals surface area contributed by atoms with E-state index >= 15 is 0 Å². The maximum atomic E-state index is 9.20. The molecular weight excluding hydrogens is 214 g/mol. The Morgan fingerprint density at radius 2 is 2.12 bits per heavy atom. The largest absolute Gasteiger partial charge is 0.395 e. The van der Waals surface area contributed by atoms with Gasteiger partial charge in [-0.15, -0.1) is 0 Å². The zero-order valence-corrected chi connectivity index (χ0v) is 10.2. The van der Waals surface area contributed by atoms with Crippen LogP contribution in [0, 0.1) is 0 Å². The Bertz CT molecular complexity index is 506. The summed E-state index contributed by atoms with van der Waals surface area (Å²) < 4.78 is 2.08. The summed E-state index contributed by atoms with van der Waals surface area (Å²) in [5.74, 6) is 0. The van der Waals surface area contributed by atoms with Crippen LogP contribution >= 0.6 is 0 Å². The Kier molecular flexibility index (Phi) is 3.47. The number of nitrogens with two attached hydrogens (primary N) is 1. The van der Waals surface area contributed by atoms with Gasteiger partial charge in [0.1, 0.15) is 0 Å². The Morgan fingerprint density at radius 1 is 1.41 bits per heavy atom. The van der Waals surface area contributed by atoms with E-state index in [1.54, 1.807) is 0 Å². The smallest absolute Gasteiger partial charge is 0.0601 e. The minimum atomic E-state index is -0.300. The number of benzene rings is 1. The first-order chi connectivity index (χ1) is 8.19. The van der Waals surface area contributed by atoms with Gasteiger partial charge in [0.15, 0.2) is 0 Å². The monoisotopic (exact) mass is 233 g/mol. The van der Waals surface area contributed by atoms with E-state index in [0.717, 1.165) is 5.56 Å². The minimum absolute atomic E-state index is 0.0330. The highest BCUT2D eigenvalue weighted by molar-refractivity contribution is 5.84. The summed E-state index contributed by atoms with van der Waals surface area (Å²) in [6.45, 7) is -0.0330. The highest BCUT2D eigenvalue weighted by Crippen LogP contribution is 2.27. The second-order valence-electron chi connectivity index (χ2n) is 4.33. The first kappa shape index (κ1) is 12.1. The number of aryl methyl sites for hydroxylation is 1. The summed E-state index contributed by atoms with van der Waals surface area (Å²) in [4.78, 5) is 0. The molecule has 2 unspecified atom stereocenters. The number of hydrogen-bond acceptors (Lipinski definition) is 3. The third-order valence-electron chi connectivity index (χ3n) is 3.21. The van der Waals surface area contributed by atoms with Crippen LogP contribution in [0.5, 0.6) is 0 Å². The third-order valence-corrected chi connectivity index (χ3v) is 3.21. The van der Waals surface area contributed by atoms with Crippen LogP contribution in [0.3, 0.4) is 0 Å². The van der Waals surface area contributed by atoms with Gasteiger partial charge in [-0.3, -0.25) is 0 Å². The van der Waals surface area contributed by atoms with Crippen LogP contribution in [0.15, 0.2) is 30.5 Å². The molecule has 2 rings (SSSR count). The van der Waals surface area contributed by atoms with Gasteiger partial charge in [0.25, 0.3) is 0 Å². The van der Waals surface area contributed by atoms with Crippen LogP contribution in [0.4, 0.5) is 0 Å². The predicted octanol–water partition coefficient (Wildman–Crippen LogP) is 0.758. The molecule has 0 aliphatic heterocycles. The average molecular weight is 233 g/mol. The molecule has 1 aromatic carbocycles. The van der Waals surface area contributed by atoms with Gasteiger partial charge in [0, 0.05) is 30.2 Å². The Hall–Kier alpha value is -1.36. The van der Waals surface area contributed by atoms with E-state index < -0.39 is 0 Å². The fourth-order valence-corrected chi connectivity index (χ4v) is 2.33. The quantitative estimate of drug-likeness (QED) is 0.730. The normalized spacial score (nSPS) is 15.1. The first-order valence-electron chi connectivity index (χ1n) is 5.76. The molecular formula is C13H19N3O. The molecule has 4 N–H and O–H groups in total. The molecule has 0 amide bonds. The van der Waals surface area contributed by atoms with Crippen molar-refractivity contribution in [2.24, 2.45) is 12.8 Å². The molecule has 0 radical (unpaired) electrons. The highest BCUT2D eigenvalue weighted by Gasteiger charge is 2.21. The van der Waals surface area contributed by atoms with Gasteiger partial charge >= 0.3 is 0 Å². The topological polar surface area (TPSA) is 63.2 Å². The molecule has 92 valence electrons. The molecule has 4 heteroatoms. The van der Waals surface area contributed by atoms with Crippen LogP contribution in [0.2, 0.25) is 0 Å². The van der Waals surface area contributed by atoms with Crippen molar-refractivity contribution < 1.29 is 5.11 Å². The number of likely N-dealkylation sites (N-methyl/N-ethyl adjacent to an activating group) is 1. The summed E-state index contributed by atoms with van der Waals surface area (Å²) in [5.41, 5.74) is 8.24. The molecule has 0 bridgehead atoms. The number of rotatable bonds is 4. The lowest BCUT2D eigenvalue weighted by molar-refractivity contribution is 0.241. The lowest BCUT2D eigenvalue weighted by atomic mass is 10.00. The van der Waals surface area contributed by atoms with E-state index in [0.29, 0.717) is 0 Å². The van der Waals surface area contributed by atoms with Crippen LogP contribution in [0.25, 0.3) is 10.9 Å². The Morgan fingerprint density at radius 3 is 2.76 bits per heavy atom. The van der Waals surface area contributed by atoms with Crippen molar-refractivity contribution >= 4 is 10.9 Å². The molecule has 0 spiro atoms. The Labute approximate surface area is 101 Å². The maximum Gasteiger partial charge on any atom is 0.0601 e. The highest BCUT2D eigenvalue weighted by atomic mass is 16.3. The van der Waals surface area contributed by atoms with E-state index in [2.05, 4.69) is 28.2 Å². The van der Waals surface area contributed by atoms with E-state index in [1.807, 2.05) is 26.2 Å². The molecule has 0 aliphatic rings. The summed E-state index contributed by atoms with van der Waals surface area (Å²) in [6, 6.07) is 7.86. The van der Waals surface area contributed by atoms with Gasteiger partial charge < -0.3 is 20.7 Å². The summed E-state index contributed by atoms with van der Waals surface area (Å²) in [5, 5.41) is 13.6. The van der Waals surface area contributed by atoms with Crippen molar-refractivity contribution in [3.05, 3.63) is 36.0 Å². The molecule has 0 saturated heterocycles. The van der Waals surface area contributed by atoms with Gasteiger partial charge in [0.05, 0.1) is 12.6 Å². The number of para-hydroxylation sites is 1. The van der Waals surface area contributed by atoms with E-state index in [-0.39, 0.29) is 18.7 Å². The number of hydrogen-bond donors (Lipinski definition) is 3. The van der Waals surface area contributed by atoms with Crippen molar-refractivity contribution in [3.8, 4) is 0 Å². The number of aliphatic hydroxyl groups excluding tert-OH is 1. The zero-order chi connectivity index (χ0) is 12.4. The second-order valence-corrected chi connectivity index (χ2v) is 4.33. The van der Waals surface area contributed by atoms with Crippen molar-refractivity contribution in [2.75, 3.05) is 13.7 Å². The lowest BCUT2D eigenvalue weighted by Crippen LogP contribution is -2.38. The number of fused-ring (bicyclic) bond motifs is 1. The van der Waals surface area contributed by atoms with Gasteiger partial charge in [0.2, 0.25) is 0 Å². The summed E-state index contributed by atoms with van der Waals surface area (Å²) in [7, 11) is 3.88. The van der Waals surface area contributed by atoms with Crippen molar-refractivity contribution in [3.63, 3.8) is 0 Å². The number of nitrogens with zero attached hydrogens (tertiary/aromatic N) is 1. The van der Waals surface area contributed by atoms with Crippen LogP contribution < -0.4 is 11.1 Å². The fourth-order valence-electron chi connectivity index (χ4n) is 2.33. The Balaban J connectivity index is 2.54. The SMILES string of the molecule is CNC(c1cn(C)c2ccccc12)C(N)CO. The standard InChI is InChI=1S/C13H19N3O/c1-15-13(11(14)8-17)10-7-16(2)12-6-4-3-5-9(10)12/h3-7,11,13,15,17H,8,14H2,1-2H3.